The van der Waals surface area contributed by atoms with Crippen molar-refractivity contribution in [1.82, 2.24) is 5.32 Å². The van der Waals surface area contributed by atoms with E-state index in [4.69, 9.17) is 14.2 Å². The summed E-state index contributed by atoms with van der Waals surface area (Å²) in [7, 11) is 3.18. The molecular weight excluding hydrogens is 506 g/mol. The first-order chi connectivity index (χ1) is 19.4. The van der Waals surface area contributed by atoms with Crippen LogP contribution < -0.4 is 14.8 Å². The van der Waals surface area contributed by atoms with Crippen LogP contribution in [0.15, 0.2) is 95.3 Å². The largest absolute Gasteiger partial charge is 0.508 e. The predicted octanol–water partition coefficient (Wildman–Crippen LogP) is 5.56. The molecule has 2 aliphatic rings. The second kappa shape index (κ2) is 11.7. The molecule has 0 fully saturated rings. The number of methoxy groups -OCH3 is 2. The first-order valence-corrected chi connectivity index (χ1v) is 13.4. The fraction of sp³-hybridized carbons (Fsp3) is 0.273. The van der Waals surface area contributed by atoms with E-state index in [0.29, 0.717) is 47.6 Å². The standard InChI is InChI=1S/C33H33NO6/c1-20-30(33(37)40-16-15-21-7-5-4-6-8-21)31(22-9-12-25(35)13-10-22)32-26(34-20)17-24(18-27(32)36)23-11-14-28(38-2)29(19-23)39-3/h4-14,19,24,31,34-35H,15-18H2,1-3H3. The molecule has 2 unspecified atom stereocenters. The molecule has 3 aromatic rings. The minimum absolute atomic E-state index is 0.0336. The third-order valence-electron chi connectivity index (χ3n) is 7.62. The molecule has 3 aromatic carbocycles. The van der Waals surface area contributed by atoms with Crippen LogP contribution in [-0.4, -0.2) is 37.7 Å². The number of hydrogen-bond donors (Lipinski definition) is 2. The fourth-order valence-electron chi connectivity index (χ4n) is 5.64. The molecule has 0 spiro atoms. The number of allylic oxidation sites excluding steroid dienone is 3. The molecule has 206 valence electrons. The Morgan fingerprint density at radius 3 is 2.33 bits per heavy atom. The van der Waals surface area contributed by atoms with Gasteiger partial charge >= 0.3 is 5.97 Å². The molecule has 1 heterocycles. The maximum atomic E-state index is 13.8. The van der Waals surface area contributed by atoms with Crippen LogP contribution in [0.2, 0.25) is 0 Å². The van der Waals surface area contributed by atoms with E-state index in [1.807, 2.05) is 55.5 Å². The maximum Gasteiger partial charge on any atom is 0.336 e. The Kier molecular flexibility index (Phi) is 7.91. The van der Waals surface area contributed by atoms with Crippen LogP contribution in [0, 0.1) is 0 Å². The van der Waals surface area contributed by atoms with Crippen molar-refractivity contribution in [2.24, 2.45) is 0 Å². The Hall–Kier alpha value is -4.52. The van der Waals surface area contributed by atoms with Crippen molar-refractivity contribution >= 4 is 11.8 Å². The van der Waals surface area contributed by atoms with Gasteiger partial charge in [0.1, 0.15) is 5.75 Å². The summed E-state index contributed by atoms with van der Waals surface area (Å²) in [6, 6.07) is 22.2. The molecule has 40 heavy (non-hydrogen) atoms. The highest BCUT2D eigenvalue weighted by Gasteiger charge is 2.41. The quantitative estimate of drug-likeness (QED) is 0.362. The molecule has 5 rings (SSSR count). The van der Waals surface area contributed by atoms with Crippen molar-refractivity contribution < 1.29 is 28.9 Å². The van der Waals surface area contributed by atoms with Crippen molar-refractivity contribution in [2.45, 2.75) is 38.0 Å². The van der Waals surface area contributed by atoms with Crippen molar-refractivity contribution in [2.75, 3.05) is 20.8 Å². The van der Waals surface area contributed by atoms with E-state index in [0.717, 1.165) is 22.4 Å². The zero-order chi connectivity index (χ0) is 28.2. The van der Waals surface area contributed by atoms with Gasteiger partial charge in [0.05, 0.1) is 26.4 Å². The normalized spacial score (nSPS) is 18.6. The molecule has 0 saturated heterocycles. The Labute approximate surface area is 234 Å². The minimum atomic E-state index is -0.597. The molecular formula is C33H33NO6. The van der Waals surface area contributed by atoms with Crippen LogP contribution in [0.4, 0.5) is 0 Å². The first-order valence-electron chi connectivity index (χ1n) is 13.4. The summed E-state index contributed by atoms with van der Waals surface area (Å²) in [6.07, 6.45) is 1.48. The highest BCUT2D eigenvalue weighted by atomic mass is 16.5. The van der Waals surface area contributed by atoms with Gasteiger partial charge in [-0.05, 0) is 60.2 Å². The van der Waals surface area contributed by atoms with Gasteiger partial charge in [0.2, 0.25) is 0 Å². The number of esters is 1. The highest BCUT2D eigenvalue weighted by molar-refractivity contribution is 6.04. The fourth-order valence-corrected chi connectivity index (χ4v) is 5.64. The summed E-state index contributed by atoms with van der Waals surface area (Å²) < 4.78 is 16.6. The van der Waals surface area contributed by atoms with Gasteiger partial charge in [-0.25, -0.2) is 4.79 Å². The van der Waals surface area contributed by atoms with Crippen LogP contribution in [0.5, 0.6) is 17.2 Å². The number of Topliss-reactive ketones (excluding diaryl/α,β-unsaturated/α-hetero) is 1. The van der Waals surface area contributed by atoms with Crippen LogP contribution in [0.25, 0.3) is 0 Å². The van der Waals surface area contributed by atoms with Gasteiger partial charge in [-0.3, -0.25) is 4.79 Å². The Bertz CT molecular complexity index is 1470. The topological polar surface area (TPSA) is 94.1 Å². The summed E-state index contributed by atoms with van der Waals surface area (Å²) in [6.45, 7) is 2.07. The number of phenolic OH excluding ortho intramolecular Hbond substituents is 1. The number of benzene rings is 3. The molecule has 0 saturated carbocycles. The van der Waals surface area contributed by atoms with Crippen molar-refractivity contribution in [3.05, 3.63) is 112 Å². The second-order valence-electron chi connectivity index (χ2n) is 10.1. The summed E-state index contributed by atoms with van der Waals surface area (Å²) >= 11 is 0. The van der Waals surface area contributed by atoms with Gasteiger partial charge in [-0.1, -0.05) is 48.5 Å². The van der Waals surface area contributed by atoms with Crippen LogP contribution in [0.3, 0.4) is 0 Å². The van der Waals surface area contributed by atoms with E-state index < -0.39 is 11.9 Å². The van der Waals surface area contributed by atoms with Gasteiger partial charge in [-0.2, -0.15) is 0 Å². The molecule has 1 aliphatic carbocycles. The highest BCUT2D eigenvalue weighted by Crippen LogP contribution is 2.46. The Morgan fingerprint density at radius 1 is 0.925 bits per heavy atom. The summed E-state index contributed by atoms with van der Waals surface area (Å²) in [5, 5.41) is 13.3. The van der Waals surface area contributed by atoms with Gasteiger partial charge in [0.25, 0.3) is 0 Å². The molecule has 2 N–H and O–H groups in total. The Morgan fingerprint density at radius 2 is 1.62 bits per heavy atom. The van der Waals surface area contributed by atoms with Crippen molar-refractivity contribution in [3.63, 3.8) is 0 Å². The number of ether oxygens (including phenoxy) is 3. The average Bonchev–Trinajstić information content (AvgIpc) is 2.96. The van der Waals surface area contributed by atoms with E-state index in [9.17, 15) is 14.7 Å². The zero-order valence-electron chi connectivity index (χ0n) is 22.9. The lowest BCUT2D eigenvalue weighted by molar-refractivity contribution is -0.139. The summed E-state index contributed by atoms with van der Waals surface area (Å²) in [5.41, 5.74) is 5.24. The van der Waals surface area contributed by atoms with Gasteiger partial charge < -0.3 is 24.6 Å². The number of nitrogens with one attached hydrogen (secondary N) is 1. The van der Waals surface area contributed by atoms with Crippen LogP contribution in [0.1, 0.15) is 48.3 Å². The van der Waals surface area contributed by atoms with Gasteiger partial charge in [-0.15, -0.1) is 0 Å². The van der Waals surface area contributed by atoms with E-state index in [2.05, 4.69) is 5.32 Å². The van der Waals surface area contributed by atoms with Crippen LogP contribution in [-0.2, 0) is 20.7 Å². The van der Waals surface area contributed by atoms with Gasteiger partial charge in [0.15, 0.2) is 17.3 Å². The number of carbonyl (C=O) groups is 2. The third kappa shape index (κ3) is 5.45. The number of rotatable bonds is 8. The summed E-state index contributed by atoms with van der Waals surface area (Å²) in [4.78, 5) is 27.4. The average molecular weight is 540 g/mol. The predicted molar refractivity (Wildman–Crippen MR) is 151 cm³/mol. The first kappa shape index (κ1) is 27.1. The number of ketones is 1. The molecule has 0 amide bonds. The summed E-state index contributed by atoms with van der Waals surface area (Å²) in [5.74, 6) is 0.205. The molecule has 7 nitrogen and oxygen atoms in total. The van der Waals surface area contributed by atoms with E-state index in [-0.39, 0.29) is 24.1 Å². The van der Waals surface area contributed by atoms with Crippen LogP contribution >= 0.6 is 0 Å². The second-order valence-corrected chi connectivity index (χ2v) is 10.1. The van der Waals surface area contributed by atoms with Crippen molar-refractivity contribution in [3.8, 4) is 17.2 Å². The molecule has 0 aromatic heterocycles. The van der Waals surface area contributed by atoms with E-state index >= 15 is 0 Å². The maximum absolute atomic E-state index is 13.8. The lowest BCUT2D eigenvalue weighted by atomic mass is 9.71. The Balaban J connectivity index is 1.46. The SMILES string of the molecule is COc1ccc(C2CC(=O)C3=C(C2)NC(C)=C(C(=O)OCCc2ccccc2)C3c2ccc(O)cc2)cc1OC. The number of carbonyl (C=O) groups excluding carboxylic acids is 2. The third-order valence-corrected chi connectivity index (χ3v) is 7.62. The number of hydrogen-bond acceptors (Lipinski definition) is 7. The number of phenols is 1. The zero-order valence-corrected chi connectivity index (χ0v) is 22.9. The van der Waals surface area contributed by atoms with Crippen molar-refractivity contribution in [1.29, 1.82) is 0 Å². The van der Waals surface area contributed by atoms with E-state index in [1.165, 1.54) is 0 Å². The molecule has 0 bridgehead atoms. The monoisotopic (exact) mass is 539 g/mol. The lowest BCUT2D eigenvalue weighted by Crippen LogP contribution is -2.36. The minimum Gasteiger partial charge on any atom is -0.508 e. The molecule has 1 aliphatic heterocycles. The van der Waals surface area contributed by atoms with E-state index in [1.54, 1.807) is 38.5 Å². The van der Waals surface area contributed by atoms with Gasteiger partial charge in [0, 0.05) is 35.7 Å². The molecule has 7 heteroatoms. The molecule has 2 atom stereocenters. The smallest absolute Gasteiger partial charge is 0.336 e. The lowest BCUT2D eigenvalue weighted by Gasteiger charge is -2.36. The molecule has 0 radical (unpaired) electrons. The number of dihydropyridines is 1. The number of aromatic hydroxyl groups is 1.